The molecule has 3 aromatic rings. The summed E-state index contributed by atoms with van der Waals surface area (Å²) in [5.74, 6) is -0.497. The molecule has 2 aromatic carbocycles. The number of thiazole rings is 1. The number of esters is 1. The lowest BCUT2D eigenvalue weighted by Gasteiger charge is -2.43. The molecule has 1 N–H and O–H groups in total. The molecule has 2 aliphatic carbocycles. The van der Waals surface area contributed by atoms with Crippen molar-refractivity contribution >= 4 is 58.8 Å². The summed E-state index contributed by atoms with van der Waals surface area (Å²) in [5.41, 5.74) is 2.17. The Balaban J connectivity index is 1.25. The smallest absolute Gasteiger partial charge is 0.338 e. The van der Waals surface area contributed by atoms with Crippen molar-refractivity contribution in [2.24, 2.45) is 29.6 Å². The Labute approximate surface area is 227 Å². The molecule has 1 saturated heterocycles. The van der Waals surface area contributed by atoms with Gasteiger partial charge >= 0.3 is 5.97 Å². The number of nitrogens with zero attached hydrogens (tertiary/aromatic N) is 1. The molecule has 37 heavy (non-hydrogen) atoms. The van der Waals surface area contributed by atoms with Gasteiger partial charge in [-0.3, -0.25) is 14.5 Å². The van der Waals surface area contributed by atoms with E-state index in [4.69, 9.17) is 17.0 Å². The minimum Gasteiger partial charge on any atom is -0.462 e. The second-order valence-electron chi connectivity index (χ2n) is 10.2. The lowest BCUT2D eigenvalue weighted by Crippen LogP contribution is -2.42. The summed E-state index contributed by atoms with van der Waals surface area (Å²) in [5, 5.41) is 1.38. The predicted molar refractivity (Wildman–Crippen MR) is 144 cm³/mol. The van der Waals surface area contributed by atoms with Gasteiger partial charge in [-0.05, 0) is 73.1 Å². The van der Waals surface area contributed by atoms with Gasteiger partial charge in [-0.15, -0.1) is 23.1 Å². The molecular formula is C28H24N2O4S3. The number of carbonyl (C=O) groups is 3. The Hall–Kier alpha value is -2.75. The number of H-pyrrole nitrogens is 1. The molecule has 2 aliphatic heterocycles. The van der Waals surface area contributed by atoms with Crippen molar-refractivity contribution in [3.05, 3.63) is 74.6 Å². The first-order valence-electron chi connectivity index (χ1n) is 12.6. The highest BCUT2D eigenvalue weighted by Crippen LogP contribution is 2.68. The van der Waals surface area contributed by atoms with E-state index in [9.17, 15) is 14.4 Å². The van der Waals surface area contributed by atoms with Gasteiger partial charge in [0.15, 0.2) is 3.95 Å². The Morgan fingerprint density at radius 1 is 1.05 bits per heavy atom. The topological polar surface area (TPSA) is 79.5 Å². The second-order valence-corrected chi connectivity index (χ2v) is 13.1. The van der Waals surface area contributed by atoms with Crippen molar-refractivity contribution in [2.75, 3.05) is 11.5 Å². The van der Waals surface area contributed by atoms with E-state index in [2.05, 4.69) is 29.2 Å². The third kappa shape index (κ3) is 3.36. The average molecular weight is 549 g/mol. The normalized spacial score (nSPS) is 31.3. The van der Waals surface area contributed by atoms with Gasteiger partial charge in [0.1, 0.15) is 0 Å². The van der Waals surface area contributed by atoms with E-state index in [0.717, 1.165) is 15.4 Å². The van der Waals surface area contributed by atoms with Gasteiger partial charge in [-0.25, -0.2) is 4.79 Å². The van der Waals surface area contributed by atoms with Gasteiger partial charge in [0.25, 0.3) is 0 Å². The number of benzene rings is 2. The van der Waals surface area contributed by atoms with Crippen LogP contribution in [-0.4, -0.2) is 34.6 Å². The zero-order valence-corrected chi connectivity index (χ0v) is 22.4. The number of aromatic amines is 1. The Morgan fingerprint density at radius 2 is 1.76 bits per heavy atom. The van der Waals surface area contributed by atoms with Crippen LogP contribution in [0, 0.1) is 33.5 Å². The fourth-order valence-electron chi connectivity index (χ4n) is 7.27. The van der Waals surface area contributed by atoms with E-state index in [1.807, 2.05) is 17.8 Å². The molecule has 2 saturated carbocycles. The van der Waals surface area contributed by atoms with E-state index < -0.39 is 5.97 Å². The first kappa shape index (κ1) is 23.4. The molecule has 6 nitrogen and oxygen atoms in total. The molecule has 3 heterocycles. The number of rotatable bonds is 4. The molecule has 7 unspecified atom stereocenters. The number of hydrogen-bond acceptors (Lipinski definition) is 7. The molecule has 9 heteroatoms. The van der Waals surface area contributed by atoms with Gasteiger partial charge in [-0.2, -0.15) is 0 Å². The standard InChI is InChI=1S/C28H24N2O4S3/c1-2-34-27(33)14-8-10-15(11-9-14)30-25(31)20-16-12-17(21(20)26(30)32)22-19(16)18(13-6-4-3-5-7-13)23-24(36-22)29-28(35)37-23/h3-11,16-22H,2,12H2,1H3,(H,29,35). The number of ether oxygens (including phenoxy) is 1. The van der Waals surface area contributed by atoms with Crippen LogP contribution >= 0.6 is 35.3 Å². The monoisotopic (exact) mass is 548 g/mol. The van der Waals surface area contributed by atoms with Crippen molar-refractivity contribution < 1.29 is 19.1 Å². The largest absolute Gasteiger partial charge is 0.462 e. The SMILES string of the molecule is CCOC(=O)c1ccc(N2C(=O)C3C4CC(C3C2=O)C2C(c3ccccc3)c3sc(=S)[nH]c3SC42)cc1. The number of amides is 2. The summed E-state index contributed by atoms with van der Waals surface area (Å²) in [4.78, 5) is 45.7. The maximum absolute atomic E-state index is 13.9. The average Bonchev–Trinajstić information content (AvgIpc) is 3.63. The number of nitrogens with one attached hydrogen (secondary N) is 1. The Bertz CT molecular complexity index is 1480. The minimum atomic E-state index is -0.414. The number of imide groups is 1. The van der Waals surface area contributed by atoms with Gasteiger partial charge in [0, 0.05) is 16.0 Å². The molecule has 7 atom stereocenters. The van der Waals surface area contributed by atoms with Crippen LogP contribution in [0.2, 0.25) is 0 Å². The van der Waals surface area contributed by atoms with Crippen LogP contribution in [0.25, 0.3) is 0 Å². The molecule has 7 rings (SSSR count). The van der Waals surface area contributed by atoms with E-state index >= 15 is 0 Å². The number of thioether (sulfide) groups is 1. The van der Waals surface area contributed by atoms with E-state index in [-0.39, 0.29) is 59.2 Å². The lowest BCUT2D eigenvalue weighted by atomic mass is 9.68. The van der Waals surface area contributed by atoms with Crippen molar-refractivity contribution in [3.63, 3.8) is 0 Å². The van der Waals surface area contributed by atoms with Gasteiger partial charge < -0.3 is 9.72 Å². The first-order valence-corrected chi connectivity index (χ1v) is 14.7. The molecule has 2 amide bonds. The quantitative estimate of drug-likeness (QED) is 0.258. The summed E-state index contributed by atoms with van der Waals surface area (Å²) >= 11 is 8.99. The molecule has 0 radical (unpaired) electrons. The Kier molecular flexibility index (Phi) is 5.46. The highest BCUT2D eigenvalue weighted by atomic mass is 32.2. The molecule has 188 valence electrons. The number of carbonyl (C=O) groups excluding carboxylic acids is 3. The summed E-state index contributed by atoms with van der Waals surface area (Å²) in [6.07, 6.45) is 0.907. The van der Waals surface area contributed by atoms with Crippen molar-refractivity contribution in [1.29, 1.82) is 0 Å². The third-order valence-corrected chi connectivity index (χ3v) is 11.5. The summed E-state index contributed by atoms with van der Waals surface area (Å²) in [6.45, 7) is 2.05. The van der Waals surface area contributed by atoms with Gasteiger partial charge in [-0.1, -0.05) is 30.3 Å². The summed E-state index contributed by atoms with van der Waals surface area (Å²) < 4.78 is 5.84. The maximum Gasteiger partial charge on any atom is 0.338 e. The van der Waals surface area contributed by atoms with Crippen molar-refractivity contribution in [3.8, 4) is 0 Å². The lowest BCUT2D eigenvalue weighted by molar-refractivity contribution is -0.123. The van der Waals surface area contributed by atoms with Crippen LogP contribution in [0.3, 0.4) is 0 Å². The summed E-state index contributed by atoms with van der Waals surface area (Å²) in [6, 6.07) is 17.1. The number of anilines is 1. The highest BCUT2D eigenvalue weighted by Gasteiger charge is 2.69. The molecular weight excluding hydrogens is 525 g/mol. The summed E-state index contributed by atoms with van der Waals surface area (Å²) in [7, 11) is 0. The van der Waals surface area contributed by atoms with Crippen molar-refractivity contribution in [1.82, 2.24) is 4.98 Å². The van der Waals surface area contributed by atoms with Crippen molar-refractivity contribution in [2.45, 2.75) is 29.5 Å². The fraction of sp³-hybridized carbons (Fsp3) is 0.357. The zero-order chi connectivity index (χ0) is 25.4. The highest BCUT2D eigenvalue weighted by molar-refractivity contribution is 8.00. The third-order valence-electron chi connectivity index (χ3n) is 8.52. The molecule has 0 spiro atoms. The van der Waals surface area contributed by atoms with E-state index in [1.54, 1.807) is 42.5 Å². The van der Waals surface area contributed by atoms with Gasteiger partial charge in [0.05, 0.1) is 34.7 Å². The molecule has 4 aliphatic rings. The van der Waals surface area contributed by atoms with E-state index in [0.29, 0.717) is 11.3 Å². The first-order chi connectivity index (χ1) is 18.0. The van der Waals surface area contributed by atoms with Crippen LogP contribution in [0.15, 0.2) is 59.6 Å². The van der Waals surface area contributed by atoms with Crippen LogP contribution in [-0.2, 0) is 14.3 Å². The fourth-order valence-corrected chi connectivity index (χ4v) is 10.6. The van der Waals surface area contributed by atoms with Crippen LogP contribution in [0.5, 0.6) is 0 Å². The second kappa shape index (κ2) is 8.64. The molecule has 1 aromatic heterocycles. The van der Waals surface area contributed by atoms with Crippen LogP contribution < -0.4 is 4.90 Å². The van der Waals surface area contributed by atoms with E-state index in [1.165, 1.54) is 15.3 Å². The number of aromatic nitrogens is 1. The molecule has 3 fully saturated rings. The minimum absolute atomic E-state index is 0.103. The molecule has 2 bridgehead atoms. The van der Waals surface area contributed by atoms with Gasteiger partial charge in [0.2, 0.25) is 11.8 Å². The maximum atomic E-state index is 13.9. The van der Waals surface area contributed by atoms with Crippen LogP contribution in [0.4, 0.5) is 5.69 Å². The van der Waals surface area contributed by atoms with Crippen LogP contribution in [0.1, 0.15) is 40.1 Å². The number of hydrogen-bond donors (Lipinski definition) is 1. The Morgan fingerprint density at radius 3 is 2.46 bits per heavy atom. The predicted octanol–water partition coefficient (Wildman–Crippen LogP) is 5.66. The zero-order valence-electron chi connectivity index (χ0n) is 20.0. The number of fused-ring (bicyclic) bond motifs is 9.